The van der Waals surface area contributed by atoms with Gasteiger partial charge in [-0.05, 0) is 52.7 Å². The molecule has 1 unspecified atom stereocenters. The topological polar surface area (TPSA) is 96.5 Å². The average molecular weight is 347 g/mol. The van der Waals surface area contributed by atoms with Crippen LogP contribution in [0.25, 0.3) is 0 Å². The van der Waals surface area contributed by atoms with Crippen molar-refractivity contribution in [2.24, 2.45) is 0 Å². The molecule has 3 amide bonds. The van der Waals surface area contributed by atoms with Crippen molar-refractivity contribution in [2.75, 3.05) is 5.32 Å². The molecule has 0 spiro atoms. The fourth-order valence-electron chi connectivity index (χ4n) is 2.07. The second kappa shape index (κ2) is 7.55. The van der Waals surface area contributed by atoms with Crippen molar-refractivity contribution in [1.82, 2.24) is 10.6 Å². The lowest BCUT2D eigenvalue weighted by atomic mass is 10.1. The van der Waals surface area contributed by atoms with E-state index in [9.17, 15) is 14.4 Å². The maximum atomic E-state index is 12.3. The molecule has 7 heteroatoms. The molecule has 0 bridgehead atoms. The molecule has 0 saturated heterocycles. The summed E-state index contributed by atoms with van der Waals surface area (Å²) in [7, 11) is 0. The lowest BCUT2D eigenvalue weighted by molar-refractivity contribution is -0.117. The first kappa shape index (κ1) is 18.8. The highest BCUT2D eigenvalue weighted by atomic mass is 16.6. The zero-order chi connectivity index (χ0) is 18.6. The third-order valence-electron chi connectivity index (χ3n) is 3.47. The van der Waals surface area contributed by atoms with Crippen LogP contribution in [0.15, 0.2) is 24.3 Å². The zero-order valence-corrected chi connectivity index (χ0v) is 15.0. The molecule has 0 aromatic heterocycles. The molecule has 1 saturated carbocycles. The van der Waals surface area contributed by atoms with Crippen LogP contribution in [-0.2, 0) is 9.53 Å². The first-order valence-corrected chi connectivity index (χ1v) is 8.36. The van der Waals surface area contributed by atoms with Crippen molar-refractivity contribution in [3.63, 3.8) is 0 Å². The molecule has 1 aromatic rings. The van der Waals surface area contributed by atoms with Crippen LogP contribution < -0.4 is 16.0 Å². The van der Waals surface area contributed by atoms with Crippen molar-refractivity contribution in [2.45, 2.75) is 58.2 Å². The Morgan fingerprint density at radius 2 is 1.80 bits per heavy atom. The van der Waals surface area contributed by atoms with Crippen LogP contribution in [-0.4, -0.2) is 35.6 Å². The number of para-hydroxylation sites is 1. The summed E-state index contributed by atoms with van der Waals surface area (Å²) in [6, 6.07) is 6.19. The molecule has 1 aliphatic rings. The summed E-state index contributed by atoms with van der Waals surface area (Å²) in [6.07, 6.45) is 1.30. The van der Waals surface area contributed by atoms with Crippen molar-refractivity contribution < 1.29 is 19.1 Å². The number of anilines is 1. The molecule has 7 nitrogen and oxygen atoms in total. The standard InChI is InChI=1S/C18H25N3O4/c1-11(19-17(24)25-18(2,3)4)15(22)21-14-8-6-5-7-13(14)16(23)20-12-9-10-12/h5-8,11-12H,9-10H2,1-4H3,(H,19,24)(H,20,23)(H,21,22). The summed E-state index contributed by atoms with van der Waals surface area (Å²) >= 11 is 0. The predicted molar refractivity (Wildman–Crippen MR) is 94.4 cm³/mol. The first-order valence-electron chi connectivity index (χ1n) is 8.36. The molecule has 1 aliphatic carbocycles. The van der Waals surface area contributed by atoms with Gasteiger partial charge in [-0.15, -0.1) is 0 Å². The lowest BCUT2D eigenvalue weighted by Gasteiger charge is -2.22. The number of carbonyl (C=O) groups excluding carboxylic acids is 3. The maximum absolute atomic E-state index is 12.3. The molecule has 2 rings (SSSR count). The Hall–Kier alpha value is -2.57. The largest absolute Gasteiger partial charge is 0.444 e. The highest BCUT2D eigenvalue weighted by Crippen LogP contribution is 2.21. The van der Waals surface area contributed by atoms with Crippen LogP contribution in [0.4, 0.5) is 10.5 Å². The van der Waals surface area contributed by atoms with Crippen molar-refractivity contribution >= 4 is 23.6 Å². The Bertz CT molecular complexity index is 663. The molecular formula is C18H25N3O4. The fraction of sp³-hybridized carbons (Fsp3) is 0.500. The molecule has 1 fully saturated rings. The van der Waals surface area contributed by atoms with Gasteiger partial charge in [-0.3, -0.25) is 9.59 Å². The van der Waals surface area contributed by atoms with E-state index in [-0.39, 0.29) is 11.9 Å². The van der Waals surface area contributed by atoms with Crippen molar-refractivity contribution in [3.05, 3.63) is 29.8 Å². The minimum atomic E-state index is -0.811. The molecule has 1 atom stereocenters. The number of ether oxygens (including phenoxy) is 1. The number of hydrogen-bond acceptors (Lipinski definition) is 4. The lowest BCUT2D eigenvalue weighted by Crippen LogP contribution is -2.44. The molecule has 0 radical (unpaired) electrons. The summed E-state index contributed by atoms with van der Waals surface area (Å²) < 4.78 is 5.13. The van der Waals surface area contributed by atoms with Crippen molar-refractivity contribution in [3.8, 4) is 0 Å². The van der Waals surface area contributed by atoms with Gasteiger partial charge in [0.25, 0.3) is 5.91 Å². The number of nitrogens with one attached hydrogen (secondary N) is 3. The maximum Gasteiger partial charge on any atom is 0.408 e. The molecule has 0 heterocycles. The van der Waals surface area contributed by atoms with E-state index in [0.717, 1.165) is 12.8 Å². The molecule has 136 valence electrons. The van der Waals surface area contributed by atoms with Gasteiger partial charge in [-0.1, -0.05) is 12.1 Å². The molecule has 3 N–H and O–H groups in total. The number of carbonyl (C=O) groups is 3. The normalized spacial score (nSPS) is 15.0. The number of amides is 3. The minimum Gasteiger partial charge on any atom is -0.444 e. The van der Waals surface area contributed by atoms with Gasteiger partial charge in [0, 0.05) is 6.04 Å². The van der Waals surface area contributed by atoms with E-state index in [0.29, 0.717) is 11.3 Å². The summed E-state index contributed by atoms with van der Waals surface area (Å²) in [4.78, 5) is 36.3. The number of rotatable bonds is 5. The third kappa shape index (κ3) is 6.10. The summed E-state index contributed by atoms with van der Waals surface area (Å²) in [5.41, 5.74) is 0.157. The monoisotopic (exact) mass is 347 g/mol. The smallest absolute Gasteiger partial charge is 0.408 e. The van der Waals surface area contributed by atoms with Crippen LogP contribution >= 0.6 is 0 Å². The van der Waals surface area contributed by atoms with Gasteiger partial charge in [0.1, 0.15) is 11.6 Å². The average Bonchev–Trinajstić information content (AvgIpc) is 3.29. The summed E-state index contributed by atoms with van der Waals surface area (Å²) in [5, 5.41) is 8.05. The van der Waals surface area contributed by atoms with Gasteiger partial charge >= 0.3 is 6.09 Å². The number of alkyl carbamates (subject to hydrolysis) is 1. The van der Waals surface area contributed by atoms with Crippen molar-refractivity contribution in [1.29, 1.82) is 0 Å². The van der Waals surface area contributed by atoms with E-state index in [4.69, 9.17) is 4.74 Å². The summed E-state index contributed by atoms with van der Waals surface area (Å²) in [5.74, 6) is -0.649. The van der Waals surface area contributed by atoms with E-state index in [1.54, 1.807) is 52.0 Å². The van der Waals surface area contributed by atoms with Gasteiger partial charge in [-0.25, -0.2) is 4.79 Å². The summed E-state index contributed by atoms with van der Waals surface area (Å²) in [6.45, 7) is 6.77. The first-order chi connectivity index (χ1) is 11.7. The molecule has 0 aliphatic heterocycles. The Morgan fingerprint density at radius 3 is 2.40 bits per heavy atom. The Labute approximate surface area is 147 Å². The van der Waals surface area contributed by atoms with Crippen LogP contribution in [0, 0.1) is 0 Å². The Kier molecular flexibility index (Phi) is 5.66. The minimum absolute atomic E-state index is 0.217. The van der Waals surface area contributed by atoms with E-state index in [1.807, 2.05) is 0 Å². The van der Waals surface area contributed by atoms with Gasteiger partial charge in [-0.2, -0.15) is 0 Å². The van der Waals surface area contributed by atoms with Crippen LogP contribution in [0.1, 0.15) is 50.9 Å². The van der Waals surface area contributed by atoms with Crippen LogP contribution in [0.5, 0.6) is 0 Å². The van der Waals surface area contributed by atoms with E-state index in [1.165, 1.54) is 0 Å². The zero-order valence-electron chi connectivity index (χ0n) is 15.0. The van der Waals surface area contributed by atoms with Gasteiger partial charge in [0.05, 0.1) is 11.3 Å². The highest BCUT2D eigenvalue weighted by Gasteiger charge is 2.26. The molecular weight excluding hydrogens is 322 g/mol. The van der Waals surface area contributed by atoms with Crippen LogP contribution in [0.3, 0.4) is 0 Å². The molecule has 1 aromatic carbocycles. The van der Waals surface area contributed by atoms with E-state index < -0.39 is 23.6 Å². The second-order valence-corrected chi connectivity index (χ2v) is 7.15. The second-order valence-electron chi connectivity index (χ2n) is 7.15. The fourth-order valence-corrected chi connectivity index (χ4v) is 2.07. The van der Waals surface area contributed by atoms with Gasteiger partial charge < -0.3 is 20.7 Å². The Balaban J connectivity index is 1.97. The Morgan fingerprint density at radius 1 is 1.16 bits per heavy atom. The van der Waals surface area contributed by atoms with Crippen LogP contribution in [0.2, 0.25) is 0 Å². The highest BCUT2D eigenvalue weighted by molar-refractivity contribution is 6.05. The number of benzene rings is 1. The predicted octanol–water partition coefficient (Wildman–Crippen LogP) is 2.43. The van der Waals surface area contributed by atoms with Gasteiger partial charge in [0.15, 0.2) is 0 Å². The van der Waals surface area contributed by atoms with Gasteiger partial charge in [0.2, 0.25) is 5.91 Å². The quantitative estimate of drug-likeness (QED) is 0.762. The SMILES string of the molecule is CC(NC(=O)OC(C)(C)C)C(=O)Nc1ccccc1C(=O)NC1CC1. The van der Waals surface area contributed by atoms with E-state index in [2.05, 4.69) is 16.0 Å². The number of hydrogen-bond donors (Lipinski definition) is 3. The third-order valence-corrected chi connectivity index (χ3v) is 3.47. The van der Waals surface area contributed by atoms with E-state index >= 15 is 0 Å². The molecule has 25 heavy (non-hydrogen) atoms.